The van der Waals surface area contributed by atoms with Crippen LogP contribution in [0.2, 0.25) is 0 Å². The first-order valence-electron chi connectivity index (χ1n) is 3.19. The monoisotopic (exact) mass is 197 g/mol. The van der Waals surface area contributed by atoms with E-state index in [-0.39, 0.29) is 0 Å². The summed E-state index contributed by atoms with van der Waals surface area (Å²) in [5, 5.41) is 0. The van der Waals surface area contributed by atoms with Crippen molar-refractivity contribution in [3.8, 4) is 0 Å². The topological polar surface area (TPSA) is 54.4 Å². The normalized spacial score (nSPS) is 9.92. The molecule has 12 heavy (non-hydrogen) atoms. The van der Waals surface area contributed by atoms with Crippen molar-refractivity contribution in [2.45, 2.75) is 0 Å². The molecule has 0 aromatic heterocycles. The van der Waals surface area contributed by atoms with Crippen LogP contribution in [-0.4, -0.2) is 40.9 Å². The standard InChI is InChI=1S/C6H5.CH4O3S.Mg/c1-2-4-6-5-3-1;1-5(2,3)4;/h1-5H;1H3,(H,2,3,4);/q;;+2. The highest BCUT2D eigenvalue weighted by Gasteiger charge is 2.28. The molecule has 0 fully saturated rings. The van der Waals surface area contributed by atoms with Gasteiger partial charge in [-0.25, -0.2) is 0 Å². The highest BCUT2D eigenvalue weighted by Crippen LogP contribution is 1.76. The van der Waals surface area contributed by atoms with Crippen LogP contribution in [0.3, 0.4) is 0 Å². The van der Waals surface area contributed by atoms with Crippen molar-refractivity contribution in [2.75, 3.05) is 6.26 Å². The van der Waals surface area contributed by atoms with Gasteiger partial charge >= 0.3 is 25.4 Å². The van der Waals surface area contributed by atoms with E-state index >= 15 is 0 Å². The molecule has 0 bridgehead atoms. The number of hydrogen-bond acceptors (Lipinski definition) is 2. The Morgan fingerprint density at radius 2 is 1.58 bits per heavy atom. The van der Waals surface area contributed by atoms with Crippen molar-refractivity contribution >= 4 is 35.5 Å². The molecule has 0 aliphatic heterocycles. The van der Waals surface area contributed by atoms with Gasteiger partial charge in [-0.05, 0) is 0 Å². The summed E-state index contributed by atoms with van der Waals surface area (Å²) in [6, 6.07) is 10.3. The largest absolute Gasteiger partial charge is 1.47 e. The third-order valence-corrected chi connectivity index (χ3v) is 1.31. The molecular weight excluding hydrogens is 188 g/mol. The van der Waals surface area contributed by atoms with Gasteiger partial charge in [0.2, 0.25) is 0 Å². The highest BCUT2D eigenvalue weighted by atomic mass is 32.2. The van der Waals surface area contributed by atoms with Crippen LogP contribution < -0.4 is 3.69 Å². The lowest BCUT2D eigenvalue weighted by atomic mass is 10.4. The first-order chi connectivity index (χ1) is 5.39. The molecule has 0 saturated heterocycles. The van der Waals surface area contributed by atoms with Crippen LogP contribution in [0.4, 0.5) is 0 Å². The maximum Gasteiger partial charge on any atom is 1.47 e. The Morgan fingerprint density at radius 3 is 1.75 bits per heavy atom. The van der Waals surface area contributed by atoms with E-state index in [1.165, 1.54) is 3.69 Å². The smallest absolute Gasteiger partial charge is 0.286 e. The van der Waals surface area contributed by atoms with Gasteiger partial charge in [-0.2, -0.15) is 8.42 Å². The summed E-state index contributed by atoms with van der Waals surface area (Å²) in [5.41, 5.74) is 0. The Balaban J connectivity index is 0.000000217. The van der Waals surface area contributed by atoms with Crippen LogP contribution in [-0.2, 0) is 10.1 Å². The molecule has 1 rings (SSSR count). The summed E-state index contributed by atoms with van der Waals surface area (Å²) in [6.07, 6.45) is 0.715. The average molecular weight is 198 g/mol. The van der Waals surface area contributed by atoms with Gasteiger partial charge in [0.25, 0.3) is 10.1 Å². The SMILES string of the molecule is CS(=O)(=O)O.[Mg+2][c]1ccccc1. The van der Waals surface area contributed by atoms with E-state index in [2.05, 4.69) is 12.1 Å². The van der Waals surface area contributed by atoms with Gasteiger partial charge in [0.1, 0.15) is 0 Å². The zero-order valence-corrected chi connectivity index (χ0v) is 9.00. The molecule has 0 amide bonds. The molecule has 1 aromatic carbocycles. The Kier molecular flexibility index (Phi) is 5.48. The second-order valence-corrected chi connectivity index (χ2v) is 4.50. The summed E-state index contributed by atoms with van der Waals surface area (Å²) < 4.78 is 27.2. The number of rotatable bonds is 0. The minimum Gasteiger partial charge on any atom is -0.286 e. The van der Waals surface area contributed by atoms with Gasteiger partial charge in [0.05, 0.1) is 6.26 Å². The minimum absolute atomic E-state index is 0.715. The van der Waals surface area contributed by atoms with Gasteiger partial charge in [-0.3, -0.25) is 4.55 Å². The molecule has 0 atom stereocenters. The summed E-state index contributed by atoms with van der Waals surface area (Å²) >= 11 is 1.90. The molecule has 1 aromatic rings. The summed E-state index contributed by atoms with van der Waals surface area (Å²) in [5.74, 6) is 0. The van der Waals surface area contributed by atoms with Gasteiger partial charge in [0, 0.05) is 12.1 Å². The highest BCUT2D eigenvalue weighted by molar-refractivity contribution is 7.85. The van der Waals surface area contributed by atoms with Crippen molar-refractivity contribution in [1.29, 1.82) is 0 Å². The first kappa shape index (κ1) is 11.9. The molecule has 0 heterocycles. The van der Waals surface area contributed by atoms with Gasteiger partial charge in [-0.15, -0.1) is 0 Å². The van der Waals surface area contributed by atoms with E-state index in [9.17, 15) is 8.42 Å². The van der Waals surface area contributed by atoms with Crippen LogP contribution >= 0.6 is 0 Å². The molecule has 3 nitrogen and oxygen atoms in total. The first-order valence-corrected chi connectivity index (χ1v) is 5.74. The van der Waals surface area contributed by atoms with Gasteiger partial charge in [0.15, 0.2) is 0 Å². The van der Waals surface area contributed by atoms with Crippen molar-refractivity contribution < 1.29 is 13.0 Å². The Hall–Kier alpha value is -0.104. The zero-order chi connectivity index (χ0) is 9.61. The number of hydrogen-bond donors (Lipinski definition) is 1. The van der Waals surface area contributed by atoms with Crippen LogP contribution in [0.25, 0.3) is 0 Å². The molecule has 0 spiro atoms. The van der Waals surface area contributed by atoms with Gasteiger partial charge in [-0.1, -0.05) is 18.2 Å². The Morgan fingerprint density at radius 1 is 1.25 bits per heavy atom. The summed E-state index contributed by atoms with van der Waals surface area (Å²) in [6.45, 7) is 0. The molecule has 5 heteroatoms. The fraction of sp³-hybridized carbons (Fsp3) is 0.143. The van der Waals surface area contributed by atoms with Crippen molar-refractivity contribution in [3.05, 3.63) is 30.3 Å². The van der Waals surface area contributed by atoms with E-state index in [1.807, 2.05) is 39.9 Å². The third kappa shape index (κ3) is 12.6. The second kappa shape index (κ2) is 5.53. The molecule has 0 unspecified atom stereocenters. The number of benzene rings is 1. The summed E-state index contributed by atoms with van der Waals surface area (Å²) in [7, 11) is -3.67. The lowest BCUT2D eigenvalue weighted by Crippen LogP contribution is -1.97. The van der Waals surface area contributed by atoms with Crippen molar-refractivity contribution in [1.82, 2.24) is 0 Å². The quantitative estimate of drug-likeness (QED) is 0.470. The van der Waals surface area contributed by atoms with E-state index in [4.69, 9.17) is 4.55 Å². The van der Waals surface area contributed by atoms with E-state index in [0.717, 1.165) is 0 Å². The Bertz CT molecular complexity index is 299. The molecule has 7 radical (unpaired) electrons. The molecule has 0 saturated carbocycles. The molecule has 0 aliphatic carbocycles. The van der Waals surface area contributed by atoms with Crippen LogP contribution in [0.1, 0.15) is 0 Å². The van der Waals surface area contributed by atoms with E-state index in [0.29, 0.717) is 6.26 Å². The van der Waals surface area contributed by atoms with E-state index < -0.39 is 10.1 Å². The second-order valence-electron chi connectivity index (χ2n) is 2.22. The van der Waals surface area contributed by atoms with Crippen molar-refractivity contribution in [3.63, 3.8) is 0 Å². The van der Waals surface area contributed by atoms with Crippen molar-refractivity contribution in [2.24, 2.45) is 0 Å². The lowest BCUT2D eigenvalue weighted by Gasteiger charge is -1.69. The zero-order valence-electron chi connectivity index (χ0n) is 6.77. The maximum absolute atomic E-state index is 9.19. The molecule has 1 N–H and O–H groups in total. The Labute approximate surface area is 85.0 Å². The molecule has 61 valence electrons. The fourth-order valence-corrected chi connectivity index (χ4v) is 0.750. The minimum atomic E-state index is -3.67. The van der Waals surface area contributed by atoms with Crippen LogP contribution in [0, 0.1) is 0 Å². The fourth-order valence-electron chi connectivity index (χ4n) is 0.478. The van der Waals surface area contributed by atoms with E-state index in [1.54, 1.807) is 0 Å². The average Bonchev–Trinajstić information content (AvgIpc) is 1.85. The lowest BCUT2D eigenvalue weighted by molar-refractivity contribution is 0.490. The maximum atomic E-state index is 9.19. The summed E-state index contributed by atoms with van der Waals surface area (Å²) in [4.78, 5) is 0. The van der Waals surface area contributed by atoms with Crippen LogP contribution in [0.15, 0.2) is 30.3 Å². The third-order valence-electron chi connectivity index (χ3n) is 0.843. The van der Waals surface area contributed by atoms with Crippen LogP contribution in [0.5, 0.6) is 0 Å². The predicted octanol–water partition coefficient (Wildman–Crippen LogP) is -0.0156. The predicted molar refractivity (Wildman–Crippen MR) is 49.3 cm³/mol. The van der Waals surface area contributed by atoms with Gasteiger partial charge < -0.3 is 0 Å². The molecule has 0 aliphatic rings. The molecular formula is C7H9MgO3S+2.